The Morgan fingerprint density at radius 1 is 1.24 bits per heavy atom. The van der Waals surface area contributed by atoms with Gasteiger partial charge in [0.15, 0.2) is 6.61 Å². The fourth-order valence-electron chi connectivity index (χ4n) is 2.56. The zero-order valence-corrected chi connectivity index (χ0v) is 16.4. The van der Waals surface area contributed by atoms with E-state index in [4.69, 9.17) is 9.47 Å². The Morgan fingerprint density at radius 2 is 2.00 bits per heavy atom. The molecule has 0 aromatic carbocycles. The van der Waals surface area contributed by atoms with Crippen LogP contribution in [0.25, 0.3) is 0 Å². The van der Waals surface area contributed by atoms with Crippen molar-refractivity contribution in [3.05, 3.63) is 47.3 Å². The van der Waals surface area contributed by atoms with Crippen molar-refractivity contribution in [2.75, 3.05) is 13.7 Å². The number of pyridine rings is 2. The second-order valence-electron chi connectivity index (χ2n) is 6.25. The smallest absolute Gasteiger partial charge is 0.272 e. The third-order valence-corrected chi connectivity index (χ3v) is 4.08. The van der Waals surface area contributed by atoms with E-state index in [0.717, 1.165) is 0 Å². The molecule has 1 N–H and O–H groups in total. The van der Waals surface area contributed by atoms with Crippen LogP contribution in [0.3, 0.4) is 0 Å². The largest absolute Gasteiger partial charge is 0.481 e. The van der Waals surface area contributed by atoms with Gasteiger partial charge in [-0.05, 0) is 25.1 Å². The Kier molecular flexibility index (Phi) is 7.99. The molecule has 0 aliphatic carbocycles. The molecule has 0 saturated carbocycles. The number of carbonyl (C=O) groups excluding carboxylic acids is 2. The summed E-state index contributed by atoms with van der Waals surface area (Å²) in [6.45, 7) is 2.73. The monoisotopic (exact) mass is 407 g/mol. The van der Waals surface area contributed by atoms with Gasteiger partial charge in [0.05, 0.1) is 13.2 Å². The van der Waals surface area contributed by atoms with Crippen molar-refractivity contribution in [3.63, 3.8) is 0 Å². The van der Waals surface area contributed by atoms with Crippen LogP contribution in [0, 0.1) is 0 Å². The van der Waals surface area contributed by atoms with E-state index in [1.54, 1.807) is 32.0 Å². The highest BCUT2D eigenvalue weighted by Crippen LogP contribution is 2.26. The van der Waals surface area contributed by atoms with Crippen molar-refractivity contribution in [1.29, 1.82) is 0 Å². The lowest BCUT2D eigenvalue weighted by atomic mass is 10.1. The summed E-state index contributed by atoms with van der Waals surface area (Å²) >= 11 is 0. The predicted octanol–water partition coefficient (Wildman–Crippen LogP) is 3.14. The maximum absolute atomic E-state index is 12.6. The quantitative estimate of drug-likeness (QED) is 0.651. The first kappa shape index (κ1) is 22.2. The zero-order chi connectivity index (χ0) is 21.4. The number of nitrogens with zero attached hydrogens (tertiary/aromatic N) is 2. The highest BCUT2D eigenvalue weighted by atomic mass is 19.3. The molecular formula is C20H23F2N3O4. The molecule has 1 unspecified atom stereocenters. The van der Waals surface area contributed by atoms with E-state index in [2.05, 4.69) is 15.3 Å². The lowest BCUT2D eigenvalue weighted by molar-refractivity contribution is -0.118. The number of hydrogen-bond acceptors (Lipinski definition) is 6. The van der Waals surface area contributed by atoms with E-state index in [-0.39, 0.29) is 29.9 Å². The molecule has 0 saturated heterocycles. The van der Waals surface area contributed by atoms with Crippen molar-refractivity contribution >= 4 is 11.7 Å². The number of alkyl halides is 2. The molecule has 2 aromatic heterocycles. The summed E-state index contributed by atoms with van der Waals surface area (Å²) < 4.78 is 34.6. The Bertz CT molecular complexity index is 861. The van der Waals surface area contributed by atoms with Crippen molar-refractivity contribution in [2.45, 2.75) is 39.2 Å². The lowest BCUT2D eigenvalue weighted by Crippen LogP contribution is -2.27. The van der Waals surface area contributed by atoms with E-state index in [0.29, 0.717) is 23.2 Å². The first-order valence-electron chi connectivity index (χ1n) is 9.07. The highest BCUT2D eigenvalue weighted by Gasteiger charge is 2.18. The molecule has 29 heavy (non-hydrogen) atoms. The van der Waals surface area contributed by atoms with Crippen LogP contribution in [0.15, 0.2) is 30.5 Å². The van der Waals surface area contributed by atoms with E-state index < -0.39 is 19.1 Å². The first-order chi connectivity index (χ1) is 13.8. The average Bonchev–Trinajstić information content (AvgIpc) is 2.71. The van der Waals surface area contributed by atoms with Crippen LogP contribution >= 0.6 is 0 Å². The summed E-state index contributed by atoms with van der Waals surface area (Å²) in [6, 6.07) is 5.67. The molecule has 1 atom stereocenters. The molecule has 0 radical (unpaired) electrons. The Labute approximate surface area is 167 Å². The molecule has 2 rings (SSSR count). The molecule has 0 fully saturated rings. The van der Waals surface area contributed by atoms with Crippen LogP contribution < -0.4 is 14.8 Å². The summed E-state index contributed by atoms with van der Waals surface area (Å²) in [5.41, 5.74) is 1.45. The Balaban J connectivity index is 2.11. The minimum absolute atomic E-state index is 0.00351. The fraction of sp³-hybridized carbons (Fsp3) is 0.400. The van der Waals surface area contributed by atoms with Crippen LogP contribution in [0.1, 0.15) is 47.9 Å². The minimum Gasteiger partial charge on any atom is -0.481 e. The summed E-state index contributed by atoms with van der Waals surface area (Å²) in [5, 5.41) is 2.82. The molecule has 0 aliphatic rings. The molecule has 0 bridgehead atoms. The van der Waals surface area contributed by atoms with Crippen LogP contribution in [-0.4, -0.2) is 41.8 Å². The SMILES string of the molecule is CCC(=O)Cc1cc(C(=O)NC(C)c2ccc(OCC(F)F)nc2OC)ccn1. The maximum atomic E-state index is 12.6. The van der Waals surface area contributed by atoms with Crippen LogP contribution in [0.4, 0.5) is 8.78 Å². The van der Waals surface area contributed by atoms with E-state index in [1.807, 2.05) is 0 Å². The molecule has 7 nitrogen and oxygen atoms in total. The third kappa shape index (κ3) is 6.48. The molecule has 2 heterocycles. The predicted molar refractivity (Wildman–Crippen MR) is 101 cm³/mol. The number of carbonyl (C=O) groups is 2. The van der Waals surface area contributed by atoms with Crippen molar-refractivity contribution in [3.8, 4) is 11.8 Å². The van der Waals surface area contributed by atoms with Gasteiger partial charge in [0.1, 0.15) is 5.78 Å². The van der Waals surface area contributed by atoms with Gasteiger partial charge in [0.2, 0.25) is 11.8 Å². The van der Waals surface area contributed by atoms with E-state index in [1.165, 1.54) is 19.4 Å². The topological polar surface area (TPSA) is 90.4 Å². The number of nitrogens with one attached hydrogen (secondary N) is 1. The molecule has 9 heteroatoms. The van der Waals surface area contributed by atoms with E-state index in [9.17, 15) is 18.4 Å². The lowest BCUT2D eigenvalue weighted by Gasteiger charge is -2.17. The van der Waals surface area contributed by atoms with Gasteiger partial charge in [-0.1, -0.05) is 6.92 Å². The van der Waals surface area contributed by atoms with Crippen molar-refractivity contribution in [2.24, 2.45) is 0 Å². The molecule has 1 amide bonds. The normalized spacial score (nSPS) is 11.8. The fourth-order valence-corrected chi connectivity index (χ4v) is 2.56. The average molecular weight is 407 g/mol. The van der Waals surface area contributed by atoms with Gasteiger partial charge in [-0.25, -0.2) is 8.78 Å². The Hall–Kier alpha value is -3.10. The summed E-state index contributed by atoms with van der Waals surface area (Å²) in [5.74, 6) is -0.157. The van der Waals surface area contributed by atoms with Crippen molar-refractivity contribution < 1.29 is 27.8 Å². The molecule has 0 spiro atoms. The van der Waals surface area contributed by atoms with Crippen LogP contribution in [0.5, 0.6) is 11.8 Å². The number of Topliss-reactive ketones (excluding diaryl/α,β-unsaturated/α-hetero) is 1. The number of amides is 1. The highest BCUT2D eigenvalue weighted by molar-refractivity contribution is 5.94. The number of rotatable bonds is 10. The van der Waals surface area contributed by atoms with Gasteiger partial charge in [0.25, 0.3) is 12.3 Å². The van der Waals surface area contributed by atoms with Gasteiger partial charge in [-0.3, -0.25) is 14.6 Å². The number of ketones is 1. The first-order valence-corrected chi connectivity index (χ1v) is 9.07. The summed E-state index contributed by atoms with van der Waals surface area (Å²) in [4.78, 5) is 32.3. The number of methoxy groups -OCH3 is 1. The third-order valence-electron chi connectivity index (χ3n) is 4.08. The van der Waals surface area contributed by atoms with Gasteiger partial charge >= 0.3 is 0 Å². The summed E-state index contributed by atoms with van der Waals surface area (Å²) in [6.07, 6.45) is -0.558. The summed E-state index contributed by atoms with van der Waals surface area (Å²) in [7, 11) is 1.39. The Morgan fingerprint density at radius 3 is 2.66 bits per heavy atom. The molecule has 2 aromatic rings. The molecule has 156 valence electrons. The maximum Gasteiger partial charge on any atom is 0.272 e. The van der Waals surface area contributed by atoms with E-state index >= 15 is 0 Å². The minimum atomic E-state index is -2.61. The van der Waals surface area contributed by atoms with Gasteiger partial charge in [-0.15, -0.1) is 0 Å². The van der Waals surface area contributed by atoms with Crippen LogP contribution in [-0.2, 0) is 11.2 Å². The number of aromatic nitrogens is 2. The van der Waals surface area contributed by atoms with Gasteiger partial charge < -0.3 is 14.8 Å². The second kappa shape index (κ2) is 10.4. The van der Waals surface area contributed by atoms with Gasteiger partial charge in [0, 0.05) is 41.9 Å². The van der Waals surface area contributed by atoms with Crippen LogP contribution in [0.2, 0.25) is 0 Å². The second-order valence-corrected chi connectivity index (χ2v) is 6.25. The standard InChI is InChI=1S/C20H23F2N3O4/c1-4-15(26)10-14-9-13(7-8-23-14)19(27)24-12(2)16-5-6-18(25-20(16)28-3)29-11-17(21)22/h5-9,12,17H,4,10-11H2,1-3H3,(H,24,27). The number of hydrogen-bond donors (Lipinski definition) is 1. The zero-order valence-electron chi connectivity index (χ0n) is 16.4. The number of halogens is 2. The van der Waals surface area contributed by atoms with Gasteiger partial charge in [-0.2, -0.15) is 4.98 Å². The van der Waals surface area contributed by atoms with Crippen molar-refractivity contribution in [1.82, 2.24) is 15.3 Å². The molecular weight excluding hydrogens is 384 g/mol. The molecule has 0 aliphatic heterocycles. The number of ether oxygens (including phenoxy) is 2.